The summed E-state index contributed by atoms with van der Waals surface area (Å²) < 4.78 is 2.19. The van der Waals surface area contributed by atoms with E-state index in [0.717, 1.165) is 0 Å². The van der Waals surface area contributed by atoms with E-state index in [1.54, 1.807) is 0 Å². The Bertz CT molecular complexity index is 1580. The number of aromatic nitrogens is 1. The molecule has 0 N–H and O–H groups in total. The summed E-state index contributed by atoms with van der Waals surface area (Å²) in [5, 5.41) is 5.04. The van der Waals surface area contributed by atoms with Crippen molar-refractivity contribution in [3.63, 3.8) is 0 Å². The van der Waals surface area contributed by atoms with Crippen LogP contribution in [-0.2, 0) is 0 Å². The normalized spacial score (nSPS) is 11.4. The van der Waals surface area contributed by atoms with Crippen LogP contribution in [0.2, 0.25) is 0 Å². The first kappa shape index (κ1) is 17.7. The molecule has 0 bridgehead atoms. The molecular weight excluding hydrogens is 374 g/mol. The largest absolute Gasteiger partial charge is 0.317 e. The average Bonchev–Trinajstić information content (AvgIpc) is 3.16. The van der Waals surface area contributed by atoms with Gasteiger partial charge >= 0.3 is 0 Å². The summed E-state index contributed by atoms with van der Waals surface area (Å²) in [5.41, 5.74) is 7.32. The van der Waals surface area contributed by atoms with E-state index in [4.69, 9.17) is 0 Å². The second-order valence-electron chi connectivity index (χ2n) is 7.91. The Morgan fingerprint density at radius 1 is 0.516 bits per heavy atom. The predicted octanol–water partition coefficient (Wildman–Crippen LogP) is 8.38. The molecule has 0 amide bonds. The van der Waals surface area contributed by atoms with Crippen molar-refractivity contribution in [2.24, 2.45) is 0 Å². The topological polar surface area (TPSA) is 4.93 Å². The lowest BCUT2D eigenvalue weighted by Gasteiger charge is -2.08. The van der Waals surface area contributed by atoms with Gasteiger partial charge in [-0.15, -0.1) is 0 Å². The van der Waals surface area contributed by atoms with Gasteiger partial charge in [-0.1, -0.05) is 91.5 Å². The highest BCUT2D eigenvalue weighted by molar-refractivity contribution is 6.12. The van der Waals surface area contributed by atoms with Crippen molar-refractivity contribution in [3.8, 4) is 22.3 Å². The van der Waals surface area contributed by atoms with Gasteiger partial charge in [-0.25, -0.2) is 0 Å². The van der Waals surface area contributed by atoms with Crippen LogP contribution < -0.4 is 0 Å². The van der Waals surface area contributed by atoms with Crippen LogP contribution in [0, 0.1) is 0 Å². The third kappa shape index (κ3) is 2.78. The molecule has 146 valence electrons. The van der Waals surface area contributed by atoms with Gasteiger partial charge in [-0.2, -0.15) is 0 Å². The van der Waals surface area contributed by atoms with E-state index in [1.807, 2.05) is 6.20 Å². The summed E-state index contributed by atoms with van der Waals surface area (Å²) >= 11 is 0. The molecule has 0 aliphatic heterocycles. The molecule has 1 heteroatoms. The fraction of sp³-hybridized carbons (Fsp3) is 0. The van der Waals surface area contributed by atoms with Gasteiger partial charge in [0, 0.05) is 17.0 Å². The van der Waals surface area contributed by atoms with E-state index >= 15 is 0 Å². The van der Waals surface area contributed by atoms with E-state index < -0.39 is 0 Å². The minimum atomic E-state index is 1.18. The molecule has 0 spiro atoms. The lowest BCUT2D eigenvalue weighted by atomic mass is 9.96. The van der Waals surface area contributed by atoms with Gasteiger partial charge in [0.05, 0.1) is 11.0 Å². The first-order chi connectivity index (χ1) is 15.3. The summed E-state index contributed by atoms with van der Waals surface area (Å²) in [6.07, 6.45) is 1.91. The molecule has 0 unspecified atom stereocenters. The number of nitrogens with zero attached hydrogens (tertiary/aromatic N) is 1. The van der Waals surface area contributed by atoms with Crippen molar-refractivity contribution in [1.29, 1.82) is 0 Å². The average molecular weight is 396 g/mol. The van der Waals surface area contributed by atoms with E-state index in [2.05, 4.69) is 120 Å². The minimum absolute atomic E-state index is 1.18. The van der Waals surface area contributed by atoms with E-state index in [1.165, 1.54) is 54.8 Å². The Morgan fingerprint density at radius 3 is 1.94 bits per heavy atom. The maximum atomic E-state index is 4.07. The molecule has 6 rings (SSSR count). The quantitative estimate of drug-likeness (QED) is 0.283. The first-order valence-corrected chi connectivity index (χ1v) is 10.6. The number of rotatable bonds is 3. The predicted molar refractivity (Wildman–Crippen MR) is 134 cm³/mol. The molecule has 6 aromatic rings. The van der Waals surface area contributed by atoms with E-state index in [0.29, 0.717) is 0 Å². The van der Waals surface area contributed by atoms with Crippen molar-refractivity contribution < 1.29 is 0 Å². The van der Waals surface area contributed by atoms with Crippen molar-refractivity contribution in [3.05, 3.63) is 116 Å². The number of hydrogen-bond acceptors (Lipinski definition) is 0. The zero-order chi connectivity index (χ0) is 20.8. The highest BCUT2D eigenvalue weighted by Crippen LogP contribution is 2.37. The minimum Gasteiger partial charge on any atom is -0.317 e. The van der Waals surface area contributed by atoms with Gasteiger partial charge in [0.2, 0.25) is 0 Å². The van der Waals surface area contributed by atoms with Crippen molar-refractivity contribution in [2.75, 3.05) is 0 Å². The molecule has 0 atom stereocenters. The van der Waals surface area contributed by atoms with Gasteiger partial charge in [-0.3, -0.25) is 0 Å². The maximum Gasteiger partial charge on any atom is 0.0535 e. The Morgan fingerprint density at radius 2 is 1.16 bits per heavy atom. The summed E-state index contributed by atoms with van der Waals surface area (Å²) in [7, 11) is 0. The highest BCUT2D eigenvalue weighted by Gasteiger charge is 2.12. The molecule has 1 nitrogen and oxygen atoms in total. The second-order valence-corrected chi connectivity index (χ2v) is 7.91. The standard InChI is InChI=1S/C30H21N/c1-2-31-29-17-15-23(21-9-4-3-5-10-21)19-27(29)28-20-24(16-18-30(28)31)26-14-8-12-22-11-6-7-13-25(22)26/h2-20H,1H2. The Balaban J connectivity index is 1.64. The first-order valence-electron chi connectivity index (χ1n) is 10.6. The van der Waals surface area contributed by atoms with E-state index in [-0.39, 0.29) is 0 Å². The van der Waals surface area contributed by atoms with Crippen LogP contribution in [0.25, 0.3) is 61.0 Å². The van der Waals surface area contributed by atoms with Crippen molar-refractivity contribution in [2.45, 2.75) is 0 Å². The summed E-state index contributed by atoms with van der Waals surface area (Å²) in [4.78, 5) is 0. The van der Waals surface area contributed by atoms with Gasteiger partial charge < -0.3 is 4.57 Å². The van der Waals surface area contributed by atoms with Crippen LogP contribution in [0.1, 0.15) is 0 Å². The Hall–Kier alpha value is -4.10. The molecule has 1 aromatic heterocycles. The molecule has 0 radical (unpaired) electrons. The third-order valence-electron chi connectivity index (χ3n) is 6.19. The molecular formula is C30H21N. The molecule has 1 heterocycles. The monoisotopic (exact) mass is 395 g/mol. The van der Waals surface area contributed by atoms with Crippen LogP contribution in [-0.4, -0.2) is 4.57 Å². The molecule has 0 saturated heterocycles. The lowest BCUT2D eigenvalue weighted by molar-refractivity contribution is 1.30. The molecule has 0 aliphatic carbocycles. The fourth-order valence-electron chi connectivity index (χ4n) is 4.70. The van der Waals surface area contributed by atoms with Crippen molar-refractivity contribution in [1.82, 2.24) is 4.57 Å². The van der Waals surface area contributed by atoms with Crippen LogP contribution in [0.3, 0.4) is 0 Å². The van der Waals surface area contributed by atoms with Crippen LogP contribution in [0.4, 0.5) is 0 Å². The number of fused-ring (bicyclic) bond motifs is 4. The fourth-order valence-corrected chi connectivity index (χ4v) is 4.70. The molecule has 0 fully saturated rings. The van der Waals surface area contributed by atoms with E-state index in [9.17, 15) is 0 Å². The molecule has 5 aromatic carbocycles. The van der Waals surface area contributed by atoms with Gasteiger partial charge in [0.15, 0.2) is 0 Å². The second kappa shape index (κ2) is 7.00. The zero-order valence-corrected chi connectivity index (χ0v) is 17.1. The Labute approximate surface area is 181 Å². The summed E-state index contributed by atoms with van der Waals surface area (Å²) in [5.74, 6) is 0. The third-order valence-corrected chi connectivity index (χ3v) is 6.19. The maximum absolute atomic E-state index is 4.07. The van der Waals surface area contributed by atoms with Gasteiger partial charge in [0.1, 0.15) is 0 Å². The van der Waals surface area contributed by atoms with Crippen LogP contribution in [0.5, 0.6) is 0 Å². The van der Waals surface area contributed by atoms with Gasteiger partial charge in [0.25, 0.3) is 0 Å². The summed E-state index contributed by atoms with van der Waals surface area (Å²) in [6.45, 7) is 4.07. The van der Waals surface area contributed by atoms with Crippen LogP contribution >= 0.6 is 0 Å². The number of benzene rings is 5. The highest BCUT2D eigenvalue weighted by atomic mass is 14.9. The number of hydrogen-bond donors (Lipinski definition) is 0. The molecule has 31 heavy (non-hydrogen) atoms. The zero-order valence-electron chi connectivity index (χ0n) is 17.1. The van der Waals surface area contributed by atoms with Crippen molar-refractivity contribution >= 4 is 38.8 Å². The SMILES string of the molecule is C=Cn1c2ccc(-c3ccccc3)cc2c2cc(-c3cccc4ccccc34)ccc21. The van der Waals surface area contributed by atoms with Crippen LogP contribution in [0.15, 0.2) is 116 Å². The summed E-state index contributed by atoms with van der Waals surface area (Å²) in [6, 6.07) is 39.1. The molecule has 0 saturated carbocycles. The smallest absolute Gasteiger partial charge is 0.0535 e. The Kier molecular flexibility index (Phi) is 4.00. The lowest BCUT2D eigenvalue weighted by Crippen LogP contribution is -1.85. The van der Waals surface area contributed by atoms with Gasteiger partial charge in [-0.05, 0) is 57.3 Å². The molecule has 0 aliphatic rings.